The third kappa shape index (κ3) is 4.43. The lowest BCUT2D eigenvalue weighted by Gasteiger charge is -2.16. The first kappa shape index (κ1) is 16.2. The van der Waals surface area contributed by atoms with Gasteiger partial charge in [0.15, 0.2) is 0 Å². The number of hydrogen-bond donors (Lipinski definition) is 1. The van der Waals surface area contributed by atoms with Gasteiger partial charge in [-0.3, -0.25) is 4.98 Å². The molecule has 0 spiro atoms. The summed E-state index contributed by atoms with van der Waals surface area (Å²) in [5.74, 6) is 0.854. The summed E-state index contributed by atoms with van der Waals surface area (Å²) in [6, 6.07) is 15.4. The molecule has 2 N–H and O–H groups in total. The Balaban J connectivity index is 1.44. The normalized spacial score (nSPS) is 11.1. The van der Waals surface area contributed by atoms with Crippen LogP contribution in [0, 0.1) is 0 Å². The Morgan fingerprint density at radius 1 is 1.04 bits per heavy atom. The van der Waals surface area contributed by atoms with Gasteiger partial charge in [-0.2, -0.15) is 0 Å². The molecule has 0 aliphatic heterocycles. The first-order chi connectivity index (χ1) is 11.7. The molecule has 124 valence electrons. The highest BCUT2D eigenvalue weighted by molar-refractivity contribution is 5.73. The summed E-state index contributed by atoms with van der Waals surface area (Å²) in [6.45, 7) is 2.39. The Kier molecular flexibility index (Phi) is 5.23. The van der Waals surface area contributed by atoms with Crippen molar-refractivity contribution in [1.29, 1.82) is 0 Å². The first-order valence-corrected chi connectivity index (χ1v) is 8.08. The van der Waals surface area contributed by atoms with Gasteiger partial charge in [0.05, 0.1) is 29.5 Å². The van der Waals surface area contributed by atoms with Gasteiger partial charge in [0, 0.05) is 18.8 Å². The average molecular weight is 322 g/mol. The van der Waals surface area contributed by atoms with Crippen molar-refractivity contribution in [3.8, 4) is 5.75 Å². The second kappa shape index (κ2) is 7.75. The quantitative estimate of drug-likeness (QED) is 0.535. The second-order valence-electron chi connectivity index (χ2n) is 5.86. The van der Waals surface area contributed by atoms with E-state index in [1.54, 1.807) is 0 Å². The second-order valence-corrected chi connectivity index (χ2v) is 5.86. The van der Waals surface area contributed by atoms with Gasteiger partial charge < -0.3 is 15.4 Å². The van der Waals surface area contributed by atoms with Crippen molar-refractivity contribution in [3.05, 3.63) is 60.4 Å². The zero-order valence-corrected chi connectivity index (χ0v) is 13.9. The van der Waals surface area contributed by atoms with Crippen molar-refractivity contribution in [2.45, 2.75) is 13.0 Å². The van der Waals surface area contributed by atoms with E-state index in [-0.39, 0.29) is 0 Å². The molecule has 0 radical (unpaired) electrons. The third-order valence-corrected chi connectivity index (χ3v) is 3.76. The first-order valence-electron chi connectivity index (χ1n) is 8.08. The SMILES string of the molecule is CN(CCCOc1ccc(N)cc1)Cc1cnc2ccccc2n1. The average Bonchev–Trinajstić information content (AvgIpc) is 2.60. The molecule has 2 aromatic carbocycles. The van der Waals surface area contributed by atoms with E-state index in [9.17, 15) is 0 Å². The molecule has 0 aliphatic rings. The van der Waals surface area contributed by atoms with E-state index in [4.69, 9.17) is 10.5 Å². The number of aromatic nitrogens is 2. The molecular formula is C19H22N4O. The van der Waals surface area contributed by atoms with Crippen LogP contribution in [0.2, 0.25) is 0 Å². The predicted octanol–water partition coefficient (Wildman–Crippen LogP) is 3.11. The molecule has 5 heteroatoms. The lowest BCUT2D eigenvalue weighted by atomic mass is 10.3. The maximum absolute atomic E-state index is 5.71. The van der Waals surface area contributed by atoms with Crippen LogP contribution in [0.3, 0.4) is 0 Å². The predicted molar refractivity (Wildman–Crippen MR) is 96.8 cm³/mol. The Morgan fingerprint density at radius 2 is 1.79 bits per heavy atom. The van der Waals surface area contributed by atoms with Crippen LogP contribution in [-0.4, -0.2) is 35.1 Å². The molecule has 3 rings (SSSR count). The lowest BCUT2D eigenvalue weighted by Crippen LogP contribution is -2.21. The largest absolute Gasteiger partial charge is 0.494 e. The van der Waals surface area contributed by atoms with E-state index in [0.29, 0.717) is 6.61 Å². The van der Waals surface area contributed by atoms with Gasteiger partial charge in [-0.25, -0.2) is 4.98 Å². The summed E-state index contributed by atoms with van der Waals surface area (Å²) in [7, 11) is 2.08. The summed E-state index contributed by atoms with van der Waals surface area (Å²) in [4.78, 5) is 11.3. The molecule has 0 amide bonds. The number of para-hydroxylation sites is 2. The minimum Gasteiger partial charge on any atom is -0.494 e. The summed E-state index contributed by atoms with van der Waals surface area (Å²) in [5.41, 5.74) is 9.26. The number of nitrogen functional groups attached to an aromatic ring is 1. The number of hydrogen-bond acceptors (Lipinski definition) is 5. The van der Waals surface area contributed by atoms with Crippen molar-refractivity contribution in [2.75, 3.05) is 25.9 Å². The van der Waals surface area contributed by atoms with Gasteiger partial charge in [0.1, 0.15) is 5.75 Å². The van der Waals surface area contributed by atoms with Gasteiger partial charge in [-0.15, -0.1) is 0 Å². The van der Waals surface area contributed by atoms with Gasteiger partial charge in [0.2, 0.25) is 0 Å². The minimum absolute atomic E-state index is 0.678. The number of ether oxygens (including phenoxy) is 1. The lowest BCUT2D eigenvalue weighted by molar-refractivity contribution is 0.257. The van der Waals surface area contributed by atoms with Crippen LogP contribution in [0.15, 0.2) is 54.7 Å². The number of fused-ring (bicyclic) bond motifs is 1. The van der Waals surface area contributed by atoms with Crippen LogP contribution >= 0.6 is 0 Å². The molecule has 0 aliphatic carbocycles. The monoisotopic (exact) mass is 322 g/mol. The highest BCUT2D eigenvalue weighted by Crippen LogP contribution is 2.13. The molecule has 0 saturated heterocycles. The molecule has 1 heterocycles. The highest BCUT2D eigenvalue weighted by atomic mass is 16.5. The molecule has 24 heavy (non-hydrogen) atoms. The Labute approximate surface area is 142 Å². The van der Waals surface area contributed by atoms with Crippen LogP contribution < -0.4 is 10.5 Å². The van der Waals surface area contributed by atoms with E-state index < -0.39 is 0 Å². The number of rotatable bonds is 7. The van der Waals surface area contributed by atoms with Gasteiger partial charge in [-0.1, -0.05) is 12.1 Å². The van der Waals surface area contributed by atoms with Crippen molar-refractivity contribution in [1.82, 2.24) is 14.9 Å². The van der Waals surface area contributed by atoms with Crippen LogP contribution in [0.1, 0.15) is 12.1 Å². The standard InChI is InChI=1S/C19H22N4O/c1-23(11-4-12-24-17-9-7-15(20)8-10-17)14-16-13-21-18-5-2-3-6-19(18)22-16/h2-3,5-10,13H,4,11-12,14,20H2,1H3. The van der Waals surface area contributed by atoms with E-state index >= 15 is 0 Å². The third-order valence-electron chi connectivity index (χ3n) is 3.76. The van der Waals surface area contributed by atoms with Crippen molar-refractivity contribution in [2.24, 2.45) is 0 Å². The Bertz CT molecular complexity index is 789. The maximum atomic E-state index is 5.71. The number of benzene rings is 2. The molecule has 1 aromatic heterocycles. The van der Waals surface area contributed by atoms with E-state index in [2.05, 4.69) is 21.9 Å². The fourth-order valence-electron chi connectivity index (χ4n) is 2.52. The maximum Gasteiger partial charge on any atom is 0.119 e. The fourth-order valence-corrected chi connectivity index (χ4v) is 2.52. The zero-order chi connectivity index (χ0) is 16.8. The molecular weight excluding hydrogens is 300 g/mol. The minimum atomic E-state index is 0.678. The topological polar surface area (TPSA) is 64.3 Å². The van der Waals surface area contributed by atoms with Gasteiger partial charge >= 0.3 is 0 Å². The van der Waals surface area contributed by atoms with E-state index in [1.807, 2.05) is 54.7 Å². The molecule has 0 bridgehead atoms. The number of nitrogens with two attached hydrogens (primary N) is 1. The summed E-state index contributed by atoms with van der Waals surface area (Å²) < 4.78 is 5.71. The summed E-state index contributed by atoms with van der Waals surface area (Å²) in [6.07, 6.45) is 2.80. The van der Waals surface area contributed by atoms with Gasteiger partial charge in [0.25, 0.3) is 0 Å². The molecule has 0 unspecified atom stereocenters. The Hall–Kier alpha value is -2.66. The number of anilines is 1. The molecule has 0 saturated carbocycles. The highest BCUT2D eigenvalue weighted by Gasteiger charge is 2.04. The summed E-state index contributed by atoms with van der Waals surface area (Å²) in [5, 5.41) is 0. The van der Waals surface area contributed by atoms with Crippen molar-refractivity contribution in [3.63, 3.8) is 0 Å². The number of nitrogens with zero attached hydrogens (tertiary/aromatic N) is 3. The smallest absolute Gasteiger partial charge is 0.119 e. The van der Waals surface area contributed by atoms with E-state index in [1.165, 1.54) is 0 Å². The van der Waals surface area contributed by atoms with Crippen LogP contribution in [0.5, 0.6) is 5.75 Å². The van der Waals surface area contributed by atoms with Crippen LogP contribution in [0.4, 0.5) is 5.69 Å². The van der Waals surface area contributed by atoms with Crippen molar-refractivity contribution < 1.29 is 4.74 Å². The zero-order valence-electron chi connectivity index (χ0n) is 13.9. The molecule has 0 atom stereocenters. The molecule has 3 aromatic rings. The van der Waals surface area contributed by atoms with E-state index in [0.717, 1.165) is 47.7 Å². The fraction of sp³-hybridized carbons (Fsp3) is 0.263. The molecule has 5 nitrogen and oxygen atoms in total. The Morgan fingerprint density at radius 3 is 2.58 bits per heavy atom. The van der Waals surface area contributed by atoms with Crippen molar-refractivity contribution >= 4 is 16.7 Å². The van der Waals surface area contributed by atoms with Crippen LogP contribution in [0.25, 0.3) is 11.0 Å². The molecule has 0 fully saturated rings. The van der Waals surface area contributed by atoms with Crippen LogP contribution in [-0.2, 0) is 6.54 Å². The van der Waals surface area contributed by atoms with Gasteiger partial charge in [-0.05, 0) is 49.9 Å². The summed E-state index contributed by atoms with van der Waals surface area (Å²) >= 11 is 0.